The molecular formula is C20H18F3N3O2S. The Balaban J connectivity index is 1.67. The maximum Gasteiger partial charge on any atom is 0.416 e. The van der Waals surface area contributed by atoms with Crippen molar-refractivity contribution in [1.29, 1.82) is 0 Å². The molecule has 0 bridgehead atoms. The standard InChI is InChI=1S/C20H18F3N3O2S/c1-29-19-24-10-11-26(19)14-8-6-13(7-9-14)18(28)25-12-17(27)15-4-2-3-5-16(15)20(21,22)23/h2-11,17,27H,12H2,1H3,(H,25,28). The molecule has 0 aliphatic rings. The van der Waals surface area contributed by atoms with Gasteiger partial charge in [0.1, 0.15) is 0 Å². The van der Waals surface area contributed by atoms with Gasteiger partial charge in [0.15, 0.2) is 5.16 Å². The van der Waals surface area contributed by atoms with Gasteiger partial charge in [-0.05, 0) is 42.2 Å². The Bertz CT molecular complexity index is 987. The molecule has 152 valence electrons. The summed E-state index contributed by atoms with van der Waals surface area (Å²) in [7, 11) is 0. The Hall–Kier alpha value is -2.78. The number of hydrogen-bond acceptors (Lipinski definition) is 4. The molecule has 0 aliphatic carbocycles. The molecule has 0 saturated heterocycles. The summed E-state index contributed by atoms with van der Waals surface area (Å²) in [6, 6.07) is 11.4. The second-order valence-corrected chi connectivity index (χ2v) is 6.92. The fourth-order valence-corrected chi connectivity index (χ4v) is 3.39. The zero-order valence-electron chi connectivity index (χ0n) is 15.3. The van der Waals surface area contributed by atoms with E-state index in [1.54, 1.807) is 36.7 Å². The Labute approximate surface area is 169 Å². The van der Waals surface area contributed by atoms with E-state index in [2.05, 4.69) is 10.3 Å². The molecule has 1 atom stereocenters. The maximum absolute atomic E-state index is 13.1. The quantitative estimate of drug-likeness (QED) is 0.589. The molecule has 9 heteroatoms. The zero-order valence-corrected chi connectivity index (χ0v) is 16.2. The Morgan fingerprint density at radius 3 is 2.55 bits per heavy atom. The highest BCUT2D eigenvalue weighted by molar-refractivity contribution is 7.98. The van der Waals surface area contributed by atoms with Crippen molar-refractivity contribution in [3.8, 4) is 5.69 Å². The van der Waals surface area contributed by atoms with Crippen molar-refractivity contribution in [3.05, 3.63) is 77.6 Å². The number of thioether (sulfide) groups is 1. The minimum absolute atomic E-state index is 0.277. The Morgan fingerprint density at radius 2 is 1.90 bits per heavy atom. The van der Waals surface area contributed by atoms with Crippen LogP contribution in [0.4, 0.5) is 13.2 Å². The summed E-state index contributed by atoms with van der Waals surface area (Å²) in [4.78, 5) is 16.5. The second-order valence-electron chi connectivity index (χ2n) is 6.14. The van der Waals surface area contributed by atoms with E-state index < -0.39 is 23.8 Å². The molecule has 2 aromatic carbocycles. The molecule has 0 aliphatic heterocycles. The summed E-state index contributed by atoms with van der Waals surface area (Å²) in [5.74, 6) is -0.490. The lowest BCUT2D eigenvalue weighted by Crippen LogP contribution is -2.29. The van der Waals surface area contributed by atoms with Crippen molar-refractivity contribution in [3.63, 3.8) is 0 Å². The molecule has 0 spiro atoms. The van der Waals surface area contributed by atoms with E-state index in [0.29, 0.717) is 5.56 Å². The van der Waals surface area contributed by atoms with Crippen LogP contribution in [0.1, 0.15) is 27.6 Å². The molecule has 2 N–H and O–H groups in total. The average molecular weight is 421 g/mol. The maximum atomic E-state index is 13.1. The predicted molar refractivity (Wildman–Crippen MR) is 104 cm³/mol. The van der Waals surface area contributed by atoms with Crippen LogP contribution in [0, 0.1) is 0 Å². The van der Waals surface area contributed by atoms with Gasteiger partial charge in [0.2, 0.25) is 0 Å². The molecule has 1 unspecified atom stereocenters. The van der Waals surface area contributed by atoms with Gasteiger partial charge in [0.25, 0.3) is 5.91 Å². The Morgan fingerprint density at radius 1 is 1.21 bits per heavy atom. The number of imidazole rings is 1. The first-order chi connectivity index (χ1) is 13.8. The first-order valence-electron chi connectivity index (χ1n) is 8.61. The van der Waals surface area contributed by atoms with Crippen LogP contribution in [0.15, 0.2) is 66.1 Å². The van der Waals surface area contributed by atoms with E-state index in [1.807, 2.05) is 10.8 Å². The molecule has 0 saturated carbocycles. The summed E-state index contributed by atoms with van der Waals surface area (Å²) in [6.45, 7) is -0.341. The van der Waals surface area contributed by atoms with Crippen LogP contribution in [0.3, 0.4) is 0 Å². The van der Waals surface area contributed by atoms with Crippen LogP contribution in [0.5, 0.6) is 0 Å². The van der Waals surface area contributed by atoms with Crippen molar-refractivity contribution < 1.29 is 23.1 Å². The van der Waals surface area contributed by atoms with E-state index in [0.717, 1.165) is 16.9 Å². The van der Waals surface area contributed by atoms with Crippen LogP contribution >= 0.6 is 11.8 Å². The third-order valence-electron chi connectivity index (χ3n) is 4.28. The highest BCUT2D eigenvalue weighted by Gasteiger charge is 2.34. The number of nitrogens with zero attached hydrogens (tertiary/aromatic N) is 2. The average Bonchev–Trinajstić information content (AvgIpc) is 3.20. The van der Waals surface area contributed by atoms with Gasteiger partial charge in [-0.15, -0.1) is 0 Å². The number of aliphatic hydroxyl groups is 1. The van der Waals surface area contributed by atoms with Crippen molar-refractivity contribution in [2.75, 3.05) is 12.8 Å². The number of rotatable bonds is 6. The first kappa shape index (κ1) is 20.9. The smallest absolute Gasteiger partial charge is 0.387 e. The topological polar surface area (TPSA) is 67.2 Å². The largest absolute Gasteiger partial charge is 0.416 e. The number of amides is 1. The molecule has 5 nitrogen and oxygen atoms in total. The number of hydrogen-bond donors (Lipinski definition) is 2. The normalized spacial score (nSPS) is 12.6. The second kappa shape index (κ2) is 8.71. The fourth-order valence-electron chi connectivity index (χ4n) is 2.86. The van der Waals surface area contributed by atoms with Crippen molar-refractivity contribution in [2.45, 2.75) is 17.4 Å². The van der Waals surface area contributed by atoms with Gasteiger partial charge in [0, 0.05) is 30.2 Å². The van der Waals surface area contributed by atoms with Crippen molar-refractivity contribution >= 4 is 17.7 Å². The minimum Gasteiger partial charge on any atom is -0.387 e. The van der Waals surface area contributed by atoms with Gasteiger partial charge in [-0.3, -0.25) is 9.36 Å². The lowest BCUT2D eigenvalue weighted by Gasteiger charge is -2.18. The molecular weight excluding hydrogens is 403 g/mol. The van der Waals surface area contributed by atoms with E-state index in [-0.39, 0.29) is 12.1 Å². The van der Waals surface area contributed by atoms with Crippen LogP contribution < -0.4 is 5.32 Å². The number of aliphatic hydroxyl groups excluding tert-OH is 1. The number of alkyl halides is 3. The van der Waals surface area contributed by atoms with Crippen LogP contribution in [0.25, 0.3) is 5.69 Å². The lowest BCUT2D eigenvalue weighted by atomic mass is 10.0. The summed E-state index contributed by atoms with van der Waals surface area (Å²) in [5, 5.41) is 13.4. The number of nitrogens with one attached hydrogen (secondary N) is 1. The van der Waals surface area contributed by atoms with Gasteiger partial charge in [-0.1, -0.05) is 30.0 Å². The van der Waals surface area contributed by atoms with Crippen molar-refractivity contribution in [1.82, 2.24) is 14.9 Å². The monoisotopic (exact) mass is 421 g/mol. The third kappa shape index (κ3) is 4.80. The van der Waals surface area contributed by atoms with Gasteiger partial charge < -0.3 is 10.4 Å². The van der Waals surface area contributed by atoms with Gasteiger partial charge >= 0.3 is 6.18 Å². The van der Waals surface area contributed by atoms with Gasteiger partial charge in [-0.2, -0.15) is 13.2 Å². The van der Waals surface area contributed by atoms with Crippen molar-refractivity contribution in [2.24, 2.45) is 0 Å². The molecule has 29 heavy (non-hydrogen) atoms. The summed E-state index contributed by atoms with van der Waals surface area (Å²) in [6.07, 6.45) is -0.684. The molecule has 1 aromatic heterocycles. The van der Waals surface area contributed by atoms with E-state index >= 15 is 0 Å². The third-order valence-corrected chi connectivity index (χ3v) is 4.95. The molecule has 0 fully saturated rings. The lowest BCUT2D eigenvalue weighted by molar-refractivity contribution is -0.139. The van der Waals surface area contributed by atoms with E-state index in [1.165, 1.54) is 30.0 Å². The number of aromatic nitrogens is 2. The number of carbonyl (C=O) groups excluding carboxylic acids is 1. The first-order valence-corrected chi connectivity index (χ1v) is 9.84. The minimum atomic E-state index is -4.58. The van der Waals surface area contributed by atoms with E-state index in [9.17, 15) is 23.1 Å². The number of halogens is 3. The summed E-state index contributed by atoms with van der Waals surface area (Å²) < 4.78 is 41.1. The summed E-state index contributed by atoms with van der Waals surface area (Å²) >= 11 is 1.48. The van der Waals surface area contributed by atoms with E-state index in [4.69, 9.17) is 0 Å². The molecule has 3 aromatic rings. The van der Waals surface area contributed by atoms with Gasteiger partial charge in [0.05, 0.1) is 11.7 Å². The predicted octanol–water partition coefficient (Wildman–Crippen LogP) is 4.08. The molecule has 3 rings (SSSR count). The van der Waals surface area contributed by atoms with Crippen LogP contribution in [0.2, 0.25) is 0 Å². The van der Waals surface area contributed by atoms with Gasteiger partial charge in [-0.25, -0.2) is 4.98 Å². The highest BCUT2D eigenvalue weighted by Crippen LogP contribution is 2.34. The molecule has 1 heterocycles. The molecule has 1 amide bonds. The summed E-state index contributed by atoms with van der Waals surface area (Å²) in [5.41, 5.74) is -0.0465. The van der Waals surface area contributed by atoms with Crippen LogP contribution in [-0.2, 0) is 6.18 Å². The Kier molecular flexibility index (Phi) is 6.29. The van der Waals surface area contributed by atoms with Crippen LogP contribution in [-0.4, -0.2) is 33.4 Å². The molecule has 0 radical (unpaired) electrons. The SMILES string of the molecule is CSc1nccn1-c1ccc(C(=O)NCC(O)c2ccccc2C(F)(F)F)cc1. The highest BCUT2D eigenvalue weighted by atomic mass is 32.2. The zero-order chi connectivity index (χ0) is 21.0. The number of benzene rings is 2. The fraction of sp³-hybridized carbons (Fsp3) is 0.200. The number of carbonyl (C=O) groups is 1.